The minimum atomic E-state index is 0.589. The van der Waals surface area contributed by atoms with Crippen molar-refractivity contribution in [3.8, 4) is 0 Å². The largest absolute Gasteiger partial charge is 0.325 e. The molecule has 0 unspecified atom stereocenters. The van der Waals surface area contributed by atoms with Gasteiger partial charge in [0.05, 0.1) is 17.4 Å². The van der Waals surface area contributed by atoms with E-state index in [9.17, 15) is 0 Å². The Kier molecular flexibility index (Phi) is 2.48. The summed E-state index contributed by atoms with van der Waals surface area (Å²) in [6.45, 7) is 2.76. The lowest BCUT2D eigenvalue weighted by atomic mass is 9.92. The van der Waals surface area contributed by atoms with Crippen molar-refractivity contribution in [1.29, 1.82) is 0 Å². The number of nitrogens with zero attached hydrogens (tertiary/aromatic N) is 3. The molecule has 2 N–H and O–H groups in total. The van der Waals surface area contributed by atoms with Crippen LogP contribution < -0.4 is 5.73 Å². The van der Waals surface area contributed by atoms with E-state index in [1.54, 1.807) is 0 Å². The predicted molar refractivity (Wildman–Crippen MR) is 63.0 cm³/mol. The van der Waals surface area contributed by atoms with Crippen LogP contribution in [-0.4, -0.2) is 28.3 Å². The van der Waals surface area contributed by atoms with Gasteiger partial charge in [0.15, 0.2) is 0 Å². The molecular formula is C12H20N4. The fourth-order valence-electron chi connectivity index (χ4n) is 2.75. The van der Waals surface area contributed by atoms with Crippen LogP contribution >= 0.6 is 0 Å². The molecule has 0 bridgehead atoms. The zero-order chi connectivity index (χ0) is 11.1. The lowest BCUT2D eigenvalue weighted by Gasteiger charge is -2.30. The summed E-state index contributed by atoms with van der Waals surface area (Å²) in [5.74, 6) is 0. The van der Waals surface area contributed by atoms with Crippen molar-refractivity contribution in [2.24, 2.45) is 5.73 Å². The van der Waals surface area contributed by atoms with E-state index < -0.39 is 0 Å². The van der Waals surface area contributed by atoms with Gasteiger partial charge in [0.1, 0.15) is 0 Å². The highest BCUT2D eigenvalue weighted by Crippen LogP contribution is 2.34. The van der Waals surface area contributed by atoms with Gasteiger partial charge in [0, 0.05) is 25.2 Å². The highest BCUT2D eigenvalue weighted by Gasteiger charge is 2.28. The maximum absolute atomic E-state index is 5.79. The Labute approximate surface area is 96.4 Å². The lowest BCUT2D eigenvalue weighted by molar-refractivity contribution is 0.251. The Morgan fingerprint density at radius 2 is 2.25 bits per heavy atom. The maximum atomic E-state index is 5.79. The van der Waals surface area contributed by atoms with Crippen LogP contribution in [0.1, 0.15) is 42.3 Å². The summed E-state index contributed by atoms with van der Waals surface area (Å²) in [5.41, 5.74) is 9.79. The molecule has 0 saturated heterocycles. The summed E-state index contributed by atoms with van der Waals surface area (Å²) < 4.78 is 2.27. The second kappa shape index (κ2) is 3.86. The SMILES string of the molecule is CN1CCc2c(CN)nn(C3CCC3)c2C1. The number of rotatable bonds is 2. The Hall–Kier alpha value is -0.870. The van der Waals surface area contributed by atoms with E-state index in [1.807, 2.05) is 0 Å². The first kappa shape index (κ1) is 10.3. The smallest absolute Gasteiger partial charge is 0.0796 e. The van der Waals surface area contributed by atoms with Gasteiger partial charge in [-0.25, -0.2) is 0 Å². The summed E-state index contributed by atoms with van der Waals surface area (Å²) >= 11 is 0. The molecule has 0 radical (unpaired) electrons. The summed E-state index contributed by atoms with van der Waals surface area (Å²) in [5, 5.41) is 4.73. The number of hydrogen-bond acceptors (Lipinski definition) is 3. The van der Waals surface area contributed by atoms with E-state index in [0.717, 1.165) is 25.2 Å². The van der Waals surface area contributed by atoms with E-state index in [1.165, 1.54) is 30.5 Å². The molecule has 88 valence electrons. The zero-order valence-corrected chi connectivity index (χ0v) is 9.95. The third-order valence-corrected chi connectivity index (χ3v) is 3.98. The third-order valence-electron chi connectivity index (χ3n) is 3.98. The van der Waals surface area contributed by atoms with Crippen LogP contribution in [0, 0.1) is 0 Å². The first-order chi connectivity index (χ1) is 7.79. The van der Waals surface area contributed by atoms with Crippen LogP contribution in [0.15, 0.2) is 0 Å². The molecule has 16 heavy (non-hydrogen) atoms. The Balaban J connectivity index is 2.00. The van der Waals surface area contributed by atoms with Crippen LogP contribution in [0.25, 0.3) is 0 Å². The van der Waals surface area contributed by atoms with E-state index in [4.69, 9.17) is 10.8 Å². The lowest BCUT2D eigenvalue weighted by Crippen LogP contribution is -2.30. The second-order valence-corrected chi connectivity index (χ2v) is 5.09. The maximum Gasteiger partial charge on any atom is 0.0796 e. The van der Waals surface area contributed by atoms with E-state index >= 15 is 0 Å². The average Bonchev–Trinajstić information content (AvgIpc) is 2.54. The molecular weight excluding hydrogens is 200 g/mol. The van der Waals surface area contributed by atoms with Crippen molar-refractivity contribution in [2.75, 3.05) is 13.6 Å². The number of hydrogen-bond donors (Lipinski definition) is 1. The van der Waals surface area contributed by atoms with Gasteiger partial charge < -0.3 is 10.6 Å². The number of nitrogens with two attached hydrogens (primary N) is 1. The van der Waals surface area contributed by atoms with E-state index in [0.29, 0.717) is 12.6 Å². The molecule has 0 amide bonds. The molecule has 3 rings (SSSR count). The van der Waals surface area contributed by atoms with Crippen LogP contribution in [0.2, 0.25) is 0 Å². The van der Waals surface area contributed by atoms with Crippen molar-refractivity contribution >= 4 is 0 Å². The molecule has 0 atom stereocenters. The predicted octanol–water partition coefficient (Wildman–Crippen LogP) is 1.05. The summed E-state index contributed by atoms with van der Waals surface area (Å²) in [7, 11) is 2.18. The fourth-order valence-corrected chi connectivity index (χ4v) is 2.75. The molecule has 2 aliphatic rings. The molecule has 4 heteroatoms. The molecule has 1 fully saturated rings. The molecule has 4 nitrogen and oxygen atoms in total. The standard InChI is InChI=1S/C12H20N4/c1-15-6-5-10-11(7-13)14-16(12(10)8-15)9-3-2-4-9/h9H,2-8,13H2,1H3. The Morgan fingerprint density at radius 3 is 2.88 bits per heavy atom. The minimum absolute atomic E-state index is 0.589. The van der Waals surface area contributed by atoms with Gasteiger partial charge >= 0.3 is 0 Å². The van der Waals surface area contributed by atoms with E-state index in [-0.39, 0.29) is 0 Å². The molecule has 2 heterocycles. The highest BCUT2D eigenvalue weighted by molar-refractivity contribution is 5.29. The molecule has 1 aliphatic heterocycles. The van der Waals surface area contributed by atoms with Gasteiger partial charge in [-0.3, -0.25) is 4.68 Å². The first-order valence-corrected chi connectivity index (χ1v) is 6.27. The van der Waals surface area contributed by atoms with Gasteiger partial charge in [-0.1, -0.05) is 0 Å². The summed E-state index contributed by atoms with van der Waals surface area (Å²) in [6, 6.07) is 0.653. The molecule has 0 spiro atoms. The Morgan fingerprint density at radius 1 is 1.44 bits per heavy atom. The van der Waals surface area contributed by atoms with Gasteiger partial charge in [-0.2, -0.15) is 5.10 Å². The van der Waals surface area contributed by atoms with Gasteiger partial charge in [-0.15, -0.1) is 0 Å². The normalized spacial score (nSPS) is 21.9. The van der Waals surface area contributed by atoms with Crippen LogP contribution in [0.5, 0.6) is 0 Å². The molecule has 0 aromatic carbocycles. The van der Waals surface area contributed by atoms with Crippen molar-refractivity contribution < 1.29 is 0 Å². The van der Waals surface area contributed by atoms with Crippen LogP contribution in [-0.2, 0) is 19.5 Å². The summed E-state index contributed by atoms with van der Waals surface area (Å²) in [4.78, 5) is 2.37. The molecule has 1 aromatic heterocycles. The average molecular weight is 220 g/mol. The third kappa shape index (κ3) is 1.48. The van der Waals surface area contributed by atoms with Crippen molar-refractivity contribution in [2.45, 2.75) is 44.8 Å². The quantitative estimate of drug-likeness (QED) is 0.810. The summed E-state index contributed by atoms with van der Waals surface area (Å²) in [6.07, 6.45) is 5.06. The second-order valence-electron chi connectivity index (χ2n) is 5.09. The Bertz CT molecular complexity index is 392. The monoisotopic (exact) mass is 220 g/mol. The minimum Gasteiger partial charge on any atom is -0.325 e. The van der Waals surface area contributed by atoms with Gasteiger partial charge in [-0.05, 0) is 32.7 Å². The van der Waals surface area contributed by atoms with Crippen LogP contribution in [0.4, 0.5) is 0 Å². The first-order valence-electron chi connectivity index (χ1n) is 6.27. The van der Waals surface area contributed by atoms with Crippen LogP contribution in [0.3, 0.4) is 0 Å². The molecule has 1 saturated carbocycles. The zero-order valence-electron chi connectivity index (χ0n) is 9.95. The fraction of sp³-hybridized carbons (Fsp3) is 0.750. The highest BCUT2D eigenvalue weighted by atomic mass is 15.3. The van der Waals surface area contributed by atoms with E-state index in [2.05, 4.69) is 16.6 Å². The number of likely N-dealkylation sites (N-methyl/N-ethyl adjacent to an activating group) is 1. The number of aromatic nitrogens is 2. The molecule has 1 aromatic rings. The van der Waals surface area contributed by atoms with Crippen molar-refractivity contribution in [1.82, 2.24) is 14.7 Å². The molecule has 1 aliphatic carbocycles. The topological polar surface area (TPSA) is 47.1 Å². The van der Waals surface area contributed by atoms with Crippen molar-refractivity contribution in [3.63, 3.8) is 0 Å². The number of fused-ring (bicyclic) bond motifs is 1. The van der Waals surface area contributed by atoms with Gasteiger partial charge in [0.2, 0.25) is 0 Å². The van der Waals surface area contributed by atoms with Gasteiger partial charge in [0.25, 0.3) is 0 Å². The van der Waals surface area contributed by atoms with Crippen molar-refractivity contribution in [3.05, 3.63) is 17.0 Å².